The molecule has 2 unspecified atom stereocenters. The number of hydrogen-bond acceptors (Lipinski definition) is 3. The molecule has 1 rings (SSSR count). The zero-order valence-corrected chi connectivity index (χ0v) is 13.7. The predicted octanol–water partition coefficient (Wildman–Crippen LogP) is 4.60. The van der Waals surface area contributed by atoms with Crippen molar-refractivity contribution in [3.8, 4) is 0 Å². The lowest BCUT2D eigenvalue weighted by molar-refractivity contribution is -0.433. The van der Waals surface area contributed by atoms with Gasteiger partial charge >= 0.3 is 30.1 Å². The third-order valence-electron chi connectivity index (χ3n) is 3.41. The summed E-state index contributed by atoms with van der Waals surface area (Å²) in [4.78, 5) is 0. The summed E-state index contributed by atoms with van der Waals surface area (Å²) in [6, 6.07) is 0. The zero-order chi connectivity index (χ0) is 22.0. The largest absolute Gasteiger partial charge is 0.426 e. The minimum absolute atomic E-state index is 0.0357. The first-order chi connectivity index (χ1) is 12.5. The fraction of sp³-hybridized carbons (Fsp3) is 1.00. The van der Waals surface area contributed by atoms with Gasteiger partial charge in [0.2, 0.25) is 0 Å². The number of ether oxygens (including phenoxy) is 3. The molecule has 1 aliphatic rings. The molecule has 3 nitrogen and oxygen atoms in total. The van der Waals surface area contributed by atoms with Gasteiger partial charge in [-0.3, -0.25) is 0 Å². The normalized spacial score (nSPS) is 20.4. The highest BCUT2D eigenvalue weighted by atomic mass is 19.4. The van der Waals surface area contributed by atoms with Crippen molar-refractivity contribution in [2.45, 2.75) is 55.2 Å². The molecule has 2 atom stereocenters. The third-order valence-corrected chi connectivity index (χ3v) is 3.41. The van der Waals surface area contributed by atoms with Crippen LogP contribution in [-0.2, 0) is 14.2 Å². The molecule has 0 aromatic carbocycles. The van der Waals surface area contributed by atoms with Crippen molar-refractivity contribution in [3.05, 3.63) is 0 Å². The van der Waals surface area contributed by atoms with Crippen LogP contribution in [-0.4, -0.2) is 68.8 Å². The van der Waals surface area contributed by atoms with Crippen LogP contribution in [0.5, 0.6) is 0 Å². The molecule has 168 valence electrons. The Bertz CT molecular complexity index is 503. The van der Waals surface area contributed by atoms with Gasteiger partial charge in [-0.25, -0.2) is 4.39 Å². The molecule has 28 heavy (non-hydrogen) atoms. The Morgan fingerprint density at radius 1 is 0.857 bits per heavy atom. The monoisotopic (exact) mass is 446 g/mol. The Morgan fingerprint density at radius 2 is 1.39 bits per heavy atom. The van der Waals surface area contributed by atoms with E-state index in [9.17, 15) is 52.7 Å². The SMILES string of the molecule is FC(CC(F)(F)F)C(F)(F)C(F)(F)C(F)(F)C(F)(F)OCCCOCC1CO1. The van der Waals surface area contributed by atoms with Crippen LogP contribution in [0.1, 0.15) is 12.8 Å². The summed E-state index contributed by atoms with van der Waals surface area (Å²) in [5.74, 6) is -21.0. The molecule has 1 fully saturated rings. The van der Waals surface area contributed by atoms with E-state index in [1.165, 1.54) is 0 Å². The van der Waals surface area contributed by atoms with Crippen molar-refractivity contribution in [3.63, 3.8) is 0 Å². The van der Waals surface area contributed by atoms with Crippen molar-refractivity contribution in [2.75, 3.05) is 26.4 Å². The Labute approximate surface area is 149 Å². The number of alkyl halides is 12. The summed E-state index contributed by atoms with van der Waals surface area (Å²) in [7, 11) is 0. The van der Waals surface area contributed by atoms with Gasteiger partial charge in [0.1, 0.15) is 6.10 Å². The van der Waals surface area contributed by atoms with Crippen molar-refractivity contribution in [2.24, 2.45) is 0 Å². The minimum atomic E-state index is -7.20. The summed E-state index contributed by atoms with van der Waals surface area (Å²) in [6.45, 7) is -1.29. The summed E-state index contributed by atoms with van der Waals surface area (Å²) in [5, 5.41) is 0. The topological polar surface area (TPSA) is 31.0 Å². The Kier molecular flexibility index (Phi) is 7.54. The lowest BCUT2D eigenvalue weighted by Crippen LogP contribution is -2.65. The van der Waals surface area contributed by atoms with E-state index < -0.39 is 55.7 Å². The van der Waals surface area contributed by atoms with E-state index in [-0.39, 0.29) is 19.3 Å². The standard InChI is InChI=1S/C13H14F12O3/c14-8(4-9(15,16)17)10(18,19)11(20,21)12(22,23)13(24,25)28-3-1-2-26-5-7-6-27-7/h7-8H,1-6H2. The van der Waals surface area contributed by atoms with E-state index in [0.717, 1.165) is 0 Å². The van der Waals surface area contributed by atoms with Gasteiger partial charge in [0.05, 0.1) is 26.2 Å². The van der Waals surface area contributed by atoms with Crippen LogP contribution in [0.4, 0.5) is 52.7 Å². The van der Waals surface area contributed by atoms with Gasteiger partial charge < -0.3 is 14.2 Å². The van der Waals surface area contributed by atoms with E-state index in [2.05, 4.69) is 4.74 Å². The maximum Gasteiger partial charge on any atom is 0.426 e. The molecule has 0 amide bonds. The molecule has 0 aliphatic carbocycles. The molecule has 1 saturated heterocycles. The predicted molar refractivity (Wildman–Crippen MR) is 66.5 cm³/mol. The van der Waals surface area contributed by atoms with Crippen molar-refractivity contribution in [1.82, 2.24) is 0 Å². The van der Waals surface area contributed by atoms with Gasteiger partial charge in [0, 0.05) is 6.61 Å². The first-order valence-corrected chi connectivity index (χ1v) is 7.51. The molecule has 0 bridgehead atoms. The van der Waals surface area contributed by atoms with Crippen molar-refractivity contribution < 1.29 is 66.9 Å². The van der Waals surface area contributed by atoms with E-state index in [4.69, 9.17) is 9.47 Å². The van der Waals surface area contributed by atoms with E-state index in [1.54, 1.807) is 0 Å². The Morgan fingerprint density at radius 3 is 1.86 bits per heavy atom. The third kappa shape index (κ3) is 5.78. The molecule has 0 aromatic heterocycles. The maximum atomic E-state index is 13.4. The molecule has 15 heteroatoms. The fourth-order valence-electron chi connectivity index (χ4n) is 1.75. The second-order valence-corrected chi connectivity index (χ2v) is 5.81. The second-order valence-electron chi connectivity index (χ2n) is 5.81. The minimum Gasteiger partial charge on any atom is -0.379 e. The van der Waals surface area contributed by atoms with Gasteiger partial charge in [-0.05, 0) is 6.42 Å². The molecule has 1 aliphatic heterocycles. The lowest BCUT2D eigenvalue weighted by Gasteiger charge is -2.37. The number of hydrogen-bond donors (Lipinski definition) is 0. The molecule has 1 heterocycles. The lowest BCUT2D eigenvalue weighted by atomic mass is 9.97. The van der Waals surface area contributed by atoms with Crippen LogP contribution in [0.2, 0.25) is 0 Å². The molecule has 0 N–H and O–H groups in total. The molecular weight excluding hydrogens is 432 g/mol. The summed E-state index contributed by atoms with van der Waals surface area (Å²) in [5.41, 5.74) is 0. The Balaban J connectivity index is 2.74. The fourth-order valence-corrected chi connectivity index (χ4v) is 1.75. The summed E-state index contributed by atoms with van der Waals surface area (Å²) < 4.78 is 168. The highest BCUT2D eigenvalue weighted by Gasteiger charge is 2.83. The second kappa shape index (κ2) is 8.42. The van der Waals surface area contributed by atoms with Crippen LogP contribution >= 0.6 is 0 Å². The van der Waals surface area contributed by atoms with Crippen molar-refractivity contribution in [1.29, 1.82) is 0 Å². The molecular formula is C13H14F12O3. The summed E-state index contributed by atoms with van der Waals surface area (Å²) >= 11 is 0. The maximum absolute atomic E-state index is 13.4. The van der Waals surface area contributed by atoms with Gasteiger partial charge in [0.15, 0.2) is 6.17 Å². The smallest absolute Gasteiger partial charge is 0.379 e. The average Bonchev–Trinajstić information content (AvgIpc) is 3.32. The molecule has 0 aromatic rings. The van der Waals surface area contributed by atoms with Crippen molar-refractivity contribution >= 4 is 0 Å². The van der Waals surface area contributed by atoms with Gasteiger partial charge in [-0.2, -0.15) is 48.3 Å². The molecule has 0 saturated carbocycles. The first kappa shape index (κ1) is 25.1. The van der Waals surface area contributed by atoms with Crippen LogP contribution < -0.4 is 0 Å². The van der Waals surface area contributed by atoms with Crippen LogP contribution in [0.25, 0.3) is 0 Å². The van der Waals surface area contributed by atoms with Gasteiger partial charge in [-0.15, -0.1) is 0 Å². The molecule has 0 radical (unpaired) electrons. The Hall–Kier alpha value is -0.960. The van der Waals surface area contributed by atoms with E-state index in [1.807, 2.05) is 0 Å². The summed E-state index contributed by atoms with van der Waals surface area (Å²) in [6.07, 6.45) is -20.9. The molecule has 0 spiro atoms. The highest BCUT2D eigenvalue weighted by molar-refractivity contribution is 5.04. The van der Waals surface area contributed by atoms with Gasteiger partial charge in [0.25, 0.3) is 0 Å². The first-order valence-electron chi connectivity index (χ1n) is 7.51. The number of rotatable bonds is 12. The average molecular weight is 446 g/mol. The number of halogens is 12. The quantitative estimate of drug-likeness (QED) is 0.250. The number of epoxide rings is 1. The van der Waals surface area contributed by atoms with Crippen LogP contribution in [0, 0.1) is 0 Å². The highest BCUT2D eigenvalue weighted by Crippen LogP contribution is 2.55. The van der Waals surface area contributed by atoms with Crippen LogP contribution in [0.3, 0.4) is 0 Å². The van der Waals surface area contributed by atoms with E-state index >= 15 is 0 Å². The van der Waals surface area contributed by atoms with Gasteiger partial charge in [-0.1, -0.05) is 0 Å². The van der Waals surface area contributed by atoms with Crippen LogP contribution in [0.15, 0.2) is 0 Å². The van der Waals surface area contributed by atoms with E-state index in [0.29, 0.717) is 6.61 Å². The zero-order valence-electron chi connectivity index (χ0n) is 13.7.